The van der Waals surface area contributed by atoms with E-state index < -0.39 is 0 Å². The first-order valence-electron chi connectivity index (χ1n) is 2.28. The Morgan fingerprint density at radius 3 is 1.67 bits per heavy atom. The summed E-state index contributed by atoms with van der Waals surface area (Å²) in [5.41, 5.74) is 0. The fraction of sp³-hybridized carbons (Fsp3) is 0. The van der Waals surface area contributed by atoms with E-state index in [9.17, 15) is 0 Å². The van der Waals surface area contributed by atoms with Gasteiger partial charge in [0, 0.05) is 10.7 Å². The smallest absolute Gasteiger partial charge is 0.00187 e. The Kier molecular flexibility index (Phi) is 8.02. The normalized spacial score (nSPS) is 10.7. The van der Waals surface area contributed by atoms with E-state index in [1.165, 1.54) is 0 Å². The number of hydrogen-bond donors (Lipinski definition) is 0. The van der Waals surface area contributed by atoms with Gasteiger partial charge in [0.15, 0.2) is 0 Å². The lowest BCUT2D eigenvalue weighted by Gasteiger charge is -1.74. The standard InChI is InChI=1S/C6H6S3/c7-3-1-5-9-6-2-4-8/h1-6H. The Labute approximate surface area is 70.0 Å². The van der Waals surface area contributed by atoms with Crippen molar-refractivity contribution < 1.29 is 0 Å². The maximum Gasteiger partial charge on any atom is 0.00187 e. The highest BCUT2D eigenvalue weighted by Gasteiger charge is 1.65. The maximum absolute atomic E-state index is 4.55. The van der Waals surface area contributed by atoms with Crippen molar-refractivity contribution in [3.63, 3.8) is 0 Å². The molecule has 0 aromatic heterocycles. The third-order valence-corrected chi connectivity index (χ3v) is 1.41. The summed E-state index contributed by atoms with van der Waals surface area (Å²) >= 11 is 10.7. The van der Waals surface area contributed by atoms with E-state index in [4.69, 9.17) is 0 Å². The van der Waals surface area contributed by atoms with Crippen LogP contribution in [0.1, 0.15) is 0 Å². The first kappa shape index (κ1) is 9.01. The zero-order valence-electron chi connectivity index (χ0n) is 4.69. The highest BCUT2D eigenvalue weighted by atomic mass is 32.2. The SMILES string of the molecule is S=CC=CSC=CC=S. The van der Waals surface area contributed by atoms with Crippen LogP contribution in [0.4, 0.5) is 0 Å². The van der Waals surface area contributed by atoms with Gasteiger partial charge in [0.1, 0.15) is 0 Å². The van der Waals surface area contributed by atoms with Crippen LogP contribution in [0.3, 0.4) is 0 Å². The molecule has 0 saturated heterocycles. The van der Waals surface area contributed by atoms with Gasteiger partial charge in [-0.1, -0.05) is 24.4 Å². The predicted octanol–water partition coefficient (Wildman–Crippen LogP) is 2.75. The Bertz CT molecular complexity index is 119. The summed E-state index contributed by atoms with van der Waals surface area (Å²) in [5.74, 6) is 0. The molecule has 48 valence electrons. The molecule has 0 N–H and O–H groups in total. The lowest BCUT2D eigenvalue weighted by molar-refractivity contribution is 2.41. The largest absolute Gasteiger partial charge is 0.106 e. The molecule has 0 spiro atoms. The van der Waals surface area contributed by atoms with Gasteiger partial charge in [-0.3, -0.25) is 0 Å². The second-order valence-electron chi connectivity index (χ2n) is 1.07. The average Bonchev–Trinajstić information content (AvgIpc) is 1.89. The van der Waals surface area contributed by atoms with Gasteiger partial charge in [-0.15, -0.1) is 11.8 Å². The number of thiocarbonyl (C=S) groups is 2. The van der Waals surface area contributed by atoms with Crippen molar-refractivity contribution in [3.8, 4) is 0 Å². The molecule has 0 unspecified atom stereocenters. The van der Waals surface area contributed by atoms with E-state index in [2.05, 4.69) is 24.4 Å². The first-order chi connectivity index (χ1) is 4.41. The molecule has 0 aliphatic carbocycles. The van der Waals surface area contributed by atoms with Crippen molar-refractivity contribution in [1.82, 2.24) is 0 Å². The van der Waals surface area contributed by atoms with Crippen LogP contribution in [0.15, 0.2) is 23.0 Å². The second-order valence-corrected chi connectivity index (χ2v) is 2.43. The van der Waals surface area contributed by atoms with Gasteiger partial charge in [-0.2, -0.15) is 0 Å². The average molecular weight is 174 g/mol. The molecule has 0 bridgehead atoms. The van der Waals surface area contributed by atoms with E-state index >= 15 is 0 Å². The molecule has 0 rings (SSSR count). The van der Waals surface area contributed by atoms with Crippen LogP contribution in [-0.4, -0.2) is 10.7 Å². The van der Waals surface area contributed by atoms with Gasteiger partial charge in [0.25, 0.3) is 0 Å². The minimum Gasteiger partial charge on any atom is -0.106 e. The van der Waals surface area contributed by atoms with Crippen LogP contribution in [0.5, 0.6) is 0 Å². The van der Waals surface area contributed by atoms with Gasteiger partial charge in [0.2, 0.25) is 0 Å². The van der Waals surface area contributed by atoms with Gasteiger partial charge in [-0.05, 0) is 23.0 Å². The van der Waals surface area contributed by atoms with Crippen LogP contribution in [0, 0.1) is 0 Å². The van der Waals surface area contributed by atoms with Crippen LogP contribution < -0.4 is 0 Å². The van der Waals surface area contributed by atoms with Gasteiger partial charge in [0.05, 0.1) is 0 Å². The molecule has 0 amide bonds. The summed E-state index contributed by atoms with van der Waals surface area (Å²) in [6.45, 7) is 0. The highest BCUT2D eigenvalue weighted by molar-refractivity contribution is 8.05. The molecule has 0 nitrogen and oxygen atoms in total. The fourth-order valence-corrected chi connectivity index (χ4v) is 0.986. The van der Waals surface area contributed by atoms with Gasteiger partial charge < -0.3 is 0 Å². The molecule has 0 saturated carbocycles. The molecule has 0 heterocycles. The van der Waals surface area contributed by atoms with Crippen LogP contribution in [0.25, 0.3) is 0 Å². The molecule has 0 aromatic rings. The summed E-state index contributed by atoms with van der Waals surface area (Å²) in [4.78, 5) is 0. The first-order valence-corrected chi connectivity index (χ1v) is 4.16. The maximum atomic E-state index is 4.55. The van der Waals surface area contributed by atoms with Gasteiger partial charge in [-0.25, -0.2) is 0 Å². The van der Waals surface area contributed by atoms with E-state index in [0.29, 0.717) is 0 Å². The zero-order chi connectivity index (χ0) is 6.95. The van der Waals surface area contributed by atoms with Crippen molar-refractivity contribution in [2.24, 2.45) is 0 Å². The molecule has 0 radical (unpaired) electrons. The fourth-order valence-electron chi connectivity index (χ4n) is 0.200. The molecular formula is C6H6S3. The Morgan fingerprint density at radius 1 is 0.889 bits per heavy atom. The van der Waals surface area contributed by atoms with Crippen molar-refractivity contribution in [2.75, 3.05) is 0 Å². The van der Waals surface area contributed by atoms with E-state index in [0.717, 1.165) is 0 Å². The minimum atomic E-state index is 1.55. The molecule has 0 aromatic carbocycles. The van der Waals surface area contributed by atoms with Crippen LogP contribution in [0.2, 0.25) is 0 Å². The van der Waals surface area contributed by atoms with E-state index in [1.807, 2.05) is 10.8 Å². The lowest BCUT2D eigenvalue weighted by Crippen LogP contribution is -1.51. The topological polar surface area (TPSA) is 0 Å². The number of rotatable bonds is 4. The van der Waals surface area contributed by atoms with E-state index in [1.54, 1.807) is 34.6 Å². The summed E-state index contributed by atoms with van der Waals surface area (Å²) in [6.07, 6.45) is 3.60. The van der Waals surface area contributed by atoms with Crippen LogP contribution in [-0.2, 0) is 0 Å². The Hall–Kier alpha value is 0.01000. The number of hydrogen-bond acceptors (Lipinski definition) is 3. The van der Waals surface area contributed by atoms with Crippen molar-refractivity contribution in [3.05, 3.63) is 23.0 Å². The predicted molar refractivity (Wildman–Crippen MR) is 53.2 cm³/mol. The second kappa shape index (κ2) is 8.01. The van der Waals surface area contributed by atoms with Crippen LogP contribution >= 0.6 is 36.2 Å². The molecule has 0 fully saturated rings. The van der Waals surface area contributed by atoms with Crippen molar-refractivity contribution in [2.45, 2.75) is 0 Å². The van der Waals surface area contributed by atoms with Gasteiger partial charge >= 0.3 is 0 Å². The van der Waals surface area contributed by atoms with Crippen molar-refractivity contribution in [1.29, 1.82) is 0 Å². The summed E-state index contributed by atoms with van der Waals surface area (Å²) in [7, 11) is 0. The third kappa shape index (κ3) is 8.01. The Morgan fingerprint density at radius 2 is 1.33 bits per heavy atom. The molecular weight excluding hydrogens is 168 g/mol. The molecule has 3 heteroatoms. The molecule has 9 heavy (non-hydrogen) atoms. The number of allylic oxidation sites excluding steroid dienone is 2. The third-order valence-electron chi connectivity index (χ3n) is 0.471. The quantitative estimate of drug-likeness (QED) is 0.475. The number of thioether (sulfide) groups is 1. The molecule has 0 aliphatic rings. The van der Waals surface area contributed by atoms with Crippen molar-refractivity contribution >= 4 is 46.9 Å². The summed E-state index contributed by atoms with van der Waals surface area (Å²) in [6, 6.07) is 0. The minimum absolute atomic E-state index is 1.55. The lowest BCUT2D eigenvalue weighted by atomic mass is 10.8. The van der Waals surface area contributed by atoms with E-state index in [-0.39, 0.29) is 0 Å². The zero-order valence-corrected chi connectivity index (χ0v) is 7.14. The Balaban J connectivity index is 3.27. The monoisotopic (exact) mass is 174 g/mol. The highest BCUT2D eigenvalue weighted by Crippen LogP contribution is 2.01. The molecule has 0 atom stereocenters. The summed E-state index contributed by atoms with van der Waals surface area (Å²) in [5, 5.41) is 6.92. The summed E-state index contributed by atoms with van der Waals surface area (Å²) < 4.78 is 0. The molecule has 0 aliphatic heterocycles.